The molecule has 0 saturated carbocycles. The first-order valence-corrected chi connectivity index (χ1v) is 7.82. The molecule has 1 atom stereocenters. The van der Waals surface area contributed by atoms with Crippen LogP contribution in [0.2, 0.25) is 0 Å². The van der Waals surface area contributed by atoms with Gasteiger partial charge in [0.2, 0.25) is 0 Å². The molecule has 1 unspecified atom stereocenters. The van der Waals surface area contributed by atoms with Gasteiger partial charge in [0.05, 0.1) is 10.6 Å². The van der Waals surface area contributed by atoms with Gasteiger partial charge in [0, 0.05) is 9.61 Å². The maximum absolute atomic E-state index is 4.19. The van der Waals surface area contributed by atoms with Gasteiger partial charge in [-0.2, -0.15) is 0 Å². The van der Waals surface area contributed by atoms with Gasteiger partial charge < -0.3 is 5.32 Å². The van der Waals surface area contributed by atoms with E-state index in [0.29, 0.717) is 6.04 Å². The van der Waals surface area contributed by atoms with E-state index < -0.39 is 0 Å². The lowest BCUT2D eigenvalue weighted by atomic mass is 10.0. The van der Waals surface area contributed by atoms with Crippen LogP contribution < -0.4 is 5.32 Å². The van der Waals surface area contributed by atoms with E-state index in [1.165, 1.54) is 25.5 Å². The highest BCUT2D eigenvalue weighted by atomic mass is 127. The van der Waals surface area contributed by atoms with E-state index >= 15 is 0 Å². The van der Waals surface area contributed by atoms with E-state index in [1.54, 1.807) is 0 Å². The number of nitrogens with zero attached hydrogens (tertiary/aromatic N) is 2. The van der Waals surface area contributed by atoms with Crippen molar-refractivity contribution in [2.24, 2.45) is 0 Å². The van der Waals surface area contributed by atoms with Gasteiger partial charge in [-0.15, -0.1) is 5.10 Å². The third-order valence-corrected chi connectivity index (χ3v) is 4.54. The average Bonchev–Trinajstić information content (AvgIpc) is 2.86. The molecule has 0 aliphatic carbocycles. The van der Waals surface area contributed by atoms with Crippen LogP contribution in [0.1, 0.15) is 29.1 Å². The molecule has 0 aliphatic heterocycles. The van der Waals surface area contributed by atoms with E-state index in [1.807, 2.05) is 7.05 Å². The fraction of sp³-hybridized carbons (Fsp3) is 0.385. The summed E-state index contributed by atoms with van der Waals surface area (Å²) in [6, 6.07) is 8.97. The van der Waals surface area contributed by atoms with Gasteiger partial charge in [0.1, 0.15) is 0 Å². The van der Waals surface area contributed by atoms with Crippen LogP contribution in [-0.2, 0) is 12.8 Å². The van der Waals surface area contributed by atoms with Gasteiger partial charge >= 0.3 is 0 Å². The van der Waals surface area contributed by atoms with E-state index in [0.717, 1.165) is 18.5 Å². The Kier molecular flexibility index (Phi) is 5.08. The molecule has 3 nitrogen and oxygen atoms in total. The van der Waals surface area contributed by atoms with Crippen LogP contribution in [-0.4, -0.2) is 16.6 Å². The zero-order valence-electron chi connectivity index (χ0n) is 10.5. The highest BCUT2D eigenvalue weighted by Gasteiger charge is 2.17. The summed E-state index contributed by atoms with van der Waals surface area (Å²) in [5.74, 6) is 0. The van der Waals surface area contributed by atoms with Gasteiger partial charge in [-0.3, -0.25) is 0 Å². The monoisotopic (exact) mass is 373 g/mol. The minimum absolute atomic E-state index is 0.306. The molecule has 0 fully saturated rings. The lowest BCUT2D eigenvalue weighted by Crippen LogP contribution is -2.19. The highest BCUT2D eigenvalue weighted by molar-refractivity contribution is 14.1. The summed E-state index contributed by atoms with van der Waals surface area (Å²) in [5.41, 5.74) is 2.45. The molecule has 1 N–H and O–H groups in total. The quantitative estimate of drug-likeness (QED) is 0.818. The predicted molar refractivity (Wildman–Crippen MR) is 84.0 cm³/mol. The molecular weight excluding hydrogens is 357 g/mol. The van der Waals surface area contributed by atoms with E-state index in [-0.39, 0.29) is 0 Å². The molecule has 0 spiro atoms. The molecule has 0 amide bonds. The molecule has 18 heavy (non-hydrogen) atoms. The summed E-state index contributed by atoms with van der Waals surface area (Å²) in [4.78, 5) is 1.26. The van der Waals surface area contributed by atoms with Crippen LogP contribution >= 0.6 is 34.1 Å². The number of rotatable bonds is 5. The number of halogens is 1. The Hall–Kier alpha value is -0.530. The van der Waals surface area contributed by atoms with Crippen LogP contribution in [0.3, 0.4) is 0 Å². The van der Waals surface area contributed by atoms with E-state index in [4.69, 9.17) is 0 Å². The topological polar surface area (TPSA) is 37.8 Å². The molecular formula is C13H16IN3S. The van der Waals surface area contributed by atoms with Gasteiger partial charge in [0.15, 0.2) is 0 Å². The Morgan fingerprint density at radius 1 is 1.33 bits per heavy atom. The van der Waals surface area contributed by atoms with Crippen LogP contribution in [0.15, 0.2) is 24.3 Å². The molecule has 0 saturated heterocycles. The summed E-state index contributed by atoms with van der Waals surface area (Å²) in [6.45, 7) is 2.12. The van der Waals surface area contributed by atoms with Crippen molar-refractivity contribution in [2.45, 2.75) is 25.8 Å². The van der Waals surface area contributed by atoms with Crippen molar-refractivity contribution < 1.29 is 0 Å². The normalized spacial score (nSPS) is 12.6. The van der Waals surface area contributed by atoms with E-state index in [9.17, 15) is 0 Å². The van der Waals surface area contributed by atoms with Crippen molar-refractivity contribution in [1.82, 2.24) is 14.9 Å². The predicted octanol–water partition coefficient (Wildman–Crippen LogP) is 3.21. The average molecular weight is 373 g/mol. The summed E-state index contributed by atoms with van der Waals surface area (Å²) in [5, 5.41) is 7.56. The van der Waals surface area contributed by atoms with Crippen molar-refractivity contribution in [3.05, 3.63) is 44.0 Å². The molecule has 1 aromatic heterocycles. The third-order valence-electron chi connectivity index (χ3n) is 2.94. The van der Waals surface area contributed by atoms with Crippen molar-refractivity contribution in [3.8, 4) is 0 Å². The number of hydrogen-bond donors (Lipinski definition) is 1. The number of nitrogens with one attached hydrogen (secondary N) is 1. The zero-order chi connectivity index (χ0) is 13.0. The van der Waals surface area contributed by atoms with Crippen LogP contribution in [0.4, 0.5) is 0 Å². The fourth-order valence-electron chi connectivity index (χ4n) is 1.91. The Morgan fingerprint density at radius 2 is 2.06 bits per heavy atom. The maximum Gasteiger partial charge on any atom is 0.0801 e. The zero-order valence-corrected chi connectivity index (χ0v) is 13.5. The van der Waals surface area contributed by atoms with Crippen LogP contribution in [0.5, 0.6) is 0 Å². The minimum atomic E-state index is 0.306. The van der Waals surface area contributed by atoms with Crippen molar-refractivity contribution in [2.75, 3.05) is 7.05 Å². The summed E-state index contributed by atoms with van der Waals surface area (Å²) in [7, 11) is 2.00. The fourth-order valence-corrected chi connectivity index (χ4v) is 3.11. The first-order valence-electron chi connectivity index (χ1n) is 5.97. The Labute approximate surface area is 125 Å². The molecule has 5 heteroatoms. The third kappa shape index (κ3) is 3.27. The van der Waals surface area contributed by atoms with Crippen molar-refractivity contribution in [1.29, 1.82) is 0 Å². The Bertz CT molecular complexity index is 495. The largest absolute Gasteiger partial charge is 0.312 e. The van der Waals surface area contributed by atoms with Gasteiger partial charge in [-0.05, 0) is 71.7 Å². The van der Waals surface area contributed by atoms with Gasteiger partial charge in [-0.1, -0.05) is 23.5 Å². The van der Waals surface area contributed by atoms with E-state index in [2.05, 4.69) is 68.7 Å². The van der Waals surface area contributed by atoms with Crippen molar-refractivity contribution in [3.63, 3.8) is 0 Å². The second-order valence-electron chi connectivity index (χ2n) is 4.11. The molecule has 0 radical (unpaired) electrons. The number of aryl methyl sites for hydroxylation is 1. The molecule has 0 aliphatic rings. The Morgan fingerprint density at radius 3 is 2.67 bits per heavy atom. The molecule has 0 bridgehead atoms. The lowest BCUT2D eigenvalue weighted by Gasteiger charge is -2.15. The Balaban J connectivity index is 2.17. The molecule has 1 aromatic carbocycles. The van der Waals surface area contributed by atoms with Crippen LogP contribution in [0, 0.1) is 3.57 Å². The molecule has 96 valence electrons. The summed E-state index contributed by atoms with van der Waals surface area (Å²) >= 11 is 3.83. The first-order chi connectivity index (χ1) is 8.74. The second kappa shape index (κ2) is 6.58. The minimum Gasteiger partial charge on any atom is -0.312 e. The highest BCUT2D eigenvalue weighted by Crippen LogP contribution is 2.24. The number of hydrogen-bond acceptors (Lipinski definition) is 4. The number of benzene rings is 1. The number of aromatic nitrogens is 2. The molecule has 1 heterocycles. The second-order valence-corrected chi connectivity index (χ2v) is 6.14. The lowest BCUT2D eigenvalue weighted by molar-refractivity contribution is 0.595. The molecule has 2 rings (SSSR count). The van der Waals surface area contributed by atoms with Gasteiger partial charge in [-0.25, -0.2) is 0 Å². The van der Waals surface area contributed by atoms with Crippen LogP contribution in [0.25, 0.3) is 0 Å². The standard InChI is InChI=1S/C13H16IN3S/c1-3-11-13(18-17-16-11)12(15-2)8-9-4-6-10(14)7-5-9/h4-7,12,15H,3,8H2,1-2H3. The van der Waals surface area contributed by atoms with Crippen molar-refractivity contribution >= 4 is 34.1 Å². The van der Waals surface area contributed by atoms with Gasteiger partial charge in [0.25, 0.3) is 0 Å². The maximum atomic E-state index is 4.19. The molecule has 2 aromatic rings. The first kappa shape index (κ1) is 13.9. The smallest absolute Gasteiger partial charge is 0.0801 e. The number of likely N-dealkylation sites (N-methyl/N-ethyl adjacent to an activating group) is 1. The SMILES string of the molecule is CCc1nnsc1C(Cc1ccc(I)cc1)NC. The summed E-state index contributed by atoms with van der Waals surface area (Å²) < 4.78 is 5.34. The summed E-state index contributed by atoms with van der Waals surface area (Å²) in [6.07, 6.45) is 1.92.